The average molecular weight is 556 g/mol. The maximum absolute atomic E-state index is 13.2. The summed E-state index contributed by atoms with van der Waals surface area (Å²) in [5.41, 5.74) is 0.548. The molecule has 2 unspecified atom stereocenters. The number of ether oxygens (including phenoxy) is 1. The lowest BCUT2D eigenvalue weighted by molar-refractivity contribution is -0.127. The van der Waals surface area contributed by atoms with Crippen LogP contribution in [0.4, 0.5) is 4.79 Å². The number of nitrogens with zero attached hydrogens (tertiary/aromatic N) is 2. The number of likely N-dealkylation sites (N-methyl/N-ethyl adjacent to an activating group) is 1. The Kier molecular flexibility index (Phi) is 9.89. The van der Waals surface area contributed by atoms with Crippen LogP contribution in [0.15, 0.2) is 42.5 Å². The van der Waals surface area contributed by atoms with E-state index in [0.717, 1.165) is 5.56 Å². The Morgan fingerprint density at radius 2 is 1.69 bits per heavy atom. The summed E-state index contributed by atoms with van der Waals surface area (Å²) in [6, 6.07) is 14.2. The van der Waals surface area contributed by atoms with Crippen molar-refractivity contribution in [2.75, 3.05) is 33.3 Å². The van der Waals surface area contributed by atoms with Crippen molar-refractivity contribution in [1.82, 2.24) is 15.1 Å². The smallest absolute Gasteiger partial charge is 0.410 e. The van der Waals surface area contributed by atoms with Crippen LogP contribution in [0.2, 0.25) is 18.1 Å². The summed E-state index contributed by atoms with van der Waals surface area (Å²) in [5, 5.41) is 5.34. The molecule has 2 amide bonds. The highest BCUT2D eigenvalue weighted by Gasteiger charge is 2.40. The standard InChI is InChI=1S/C31H49N3O4Si/c1-30(2,3)38-29(36)34-18-17-33(22-26(34)16-19-37-39(8,9)31(4,5)6)27(28(35)32-7)21-23-14-15-24-12-10-11-13-25(24)20-23/h10-15,20,26-27H,16-19,21-22H2,1-9H3,(H,32,35). The third kappa shape index (κ3) is 8.29. The molecule has 39 heavy (non-hydrogen) atoms. The van der Waals surface area contributed by atoms with Gasteiger partial charge in [0, 0.05) is 39.3 Å². The number of amides is 2. The third-order valence-electron chi connectivity index (χ3n) is 8.10. The molecule has 3 rings (SSSR count). The predicted octanol–water partition coefficient (Wildman–Crippen LogP) is 5.83. The maximum atomic E-state index is 13.2. The van der Waals surface area contributed by atoms with Gasteiger partial charge in [-0.25, -0.2) is 4.79 Å². The molecule has 0 saturated carbocycles. The Hall–Kier alpha value is -2.42. The van der Waals surface area contributed by atoms with Gasteiger partial charge in [-0.1, -0.05) is 63.2 Å². The van der Waals surface area contributed by atoms with Crippen LogP contribution in [0, 0.1) is 0 Å². The van der Waals surface area contributed by atoms with Crippen LogP contribution in [-0.2, 0) is 20.4 Å². The van der Waals surface area contributed by atoms with Crippen molar-refractivity contribution in [3.05, 3.63) is 48.0 Å². The molecule has 0 bridgehead atoms. The van der Waals surface area contributed by atoms with E-state index in [-0.39, 0.29) is 29.1 Å². The molecule has 0 aromatic heterocycles. The number of hydrogen-bond donors (Lipinski definition) is 1. The van der Waals surface area contributed by atoms with E-state index in [1.54, 1.807) is 7.05 Å². The minimum atomic E-state index is -1.93. The zero-order valence-corrected chi connectivity index (χ0v) is 26.5. The lowest BCUT2D eigenvalue weighted by Gasteiger charge is -2.44. The number of carbonyl (C=O) groups is 2. The van der Waals surface area contributed by atoms with Crippen molar-refractivity contribution in [2.24, 2.45) is 0 Å². The first kappa shape index (κ1) is 31.1. The van der Waals surface area contributed by atoms with Gasteiger partial charge in [-0.2, -0.15) is 0 Å². The van der Waals surface area contributed by atoms with Gasteiger partial charge >= 0.3 is 6.09 Å². The highest BCUT2D eigenvalue weighted by Crippen LogP contribution is 2.36. The summed E-state index contributed by atoms with van der Waals surface area (Å²) in [5.74, 6) is -0.00912. The molecule has 216 valence electrons. The number of hydrogen-bond acceptors (Lipinski definition) is 5. The molecule has 1 fully saturated rings. The number of benzene rings is 2. The van der Waals surface area contributed by atoms with Crippen molar-refractivity contribution in [2.45, 2.75) is 90.2 Å². The summed E-state index contributed by atoms with van der Waals surface area (Å²) in [7, 11) is -0.234. The van der Waals surface area contributed by atoms with Gasteiger partial charge < -0.3 is 19.4 Å². The number of piperazine rings is 1. The number of nitrogens with one attached hydrogen (secondary N) is 1. The van der Waals surface area contributed by atoms with E-state index in [9.17, 15) is 9.59 Å². The zero-order valence-electron chi connectivity index (χ0n) is 25.5. The maximum Gasteiger partial charge on any atom is 0.410 e. The van der Waals surface area contributed by atoms with Crippen molar-refractivity contribution in [1.29, 1.82) is 0 Å². The molecule has 1 N–H and O–H groups in total. The fourth-order valence-electron chi connectivity index (χ4n) is 4.78. The van der Waals surface area contributed by atoms with Gasteiger partial charge in [0.2, 0.25) is 5.91 Å². The first-order valence-corrected chi connectivity index (χ1v) is 17.1. The second-order valence-corrected chi connectivity index (χ2v) is 18.0. The van der Waals surface area contributed by atoms with Crippen LogP contribution < -0.4 is 5.32 Å². The zero-order chi connectivity index (χ0) is 29.0. The molecule has 2 aromatic carbocycles. The average Bonchev–Trinajstić information content (AvgIpc) is 2.84. The molecule has 1 aliphatic heterocycles. The Labute approximate surface area is 236 Å². The van der Waals surface area contributed by atoms with Crippen molar-refractivity contribution in [3.63, 3.8) is 0 Å². The highest BCUT2D eigenvalue weighted by molar-refractivity contribution is 6.74. The molecule has 2 aromatic rings. The Bertz CT molecular complexity index is 1140. The van der Waals surface area contributed by atoms with Crippen molar-refractivity contribution < 1.29 is 18.8 Å². The SMILES string of the molecule is CNC(=O)C(Cc1ccc2ccccc2c1)N1CCN(C(=O)OC(C)(C)C)C(CCO[Si](C)(C)C(C)(C)C)C1. The van der Waals surface area contributed by atoms with E-state index < -0.39 is 13.9 Å². The molecular weight excluding hydrogens is 506 g/mol. The van der Waals surface area contributed by atoms with E-state index in [4.69, 9.17) is 9.16 Å². The topological polar surface area (TPSA) is 71.1 Å². The van der Waals surface area contributed by atoms with Crippen LogP contribution in [-0.4, -0.2) is 81.1 Å². The number of rotatable bonds is 8. The van der Waals surface area contributed by atoms with Crippen molar-refractivity contribution >= 4 is 31.1 Å². The van der Waals surface area contributed by atoms with Crippen LogP contribution in [0.1, 0.15) is 53.5 Å². The Morgan fingerprint density at radius 3 is 2.31 bits per heavy atom. The monoisotopic (exact) mass is 555 g/mol. The fraction of sp³-hybridized carbons (Fsp3) is 0.613. The molecule has 2 atom stereocenters. The van der Waals surface area contributed by atoms with E-state index in [1.807, 2.05) is 37.8 Å². The van der Waals surface area contributed by atoms with Crippen LogP contribution >= 0.6 is 0 Å². The third-order valence-corrected chi connectivity index (χ3v) is 12.6. The summed E-state index contributed by atoms with van der Waals surface area (Å²) < 4.78 is 12.3. The Morgan fingerprint density at radius 1 is 1.03 bits per heavy atom. The van der Waals surface area contributed by atoms with E-state index in [1.165, 1.54) is 10.8 Å². The van der Waals surface area contributed by atoms with Gasteiger partial charge in [-0.3, -0.25) is 9.69 Å². The quantitative estimate of drug-likeness (QED) is 0.415. The van der Waals surface area contributed by atoms with E-state index >= 15 is 0 Å². The molecule has 7 nitrogen and oxygen atoms in total. The molecule has 0 radical (unpaired) electrons. The van der Waals surface area contributed by atoms with Crippen LogP contribution in [0.25, 0.3) is 10.8 Å². The molecule has 1 aliphatic rings. The van der Waals surface area contributed by atoms with E-state index in [2.05, 4.69) is 74.4 Å². The number of carbonyl (C=O) groups excluding carboxylic acids is 2. The lowest BCUT2D eigenvalue weighted by Crippen LogP contribution is -2.61. The number of fused-ring (bicyclic) bond motifs is 1. The van der Waals surface area contributed by atoms with Crippen LogP contribution in [0.5, 0.6) is 0 Å². The normalized spacial score (nSPS) is 18.2. The second-order valence-electron chi connectivity index (χ2n) is 13.2. The van der Waals surface area contributed by atoms with Crippen molar-refractivity contribution in [3.8, 4) is 0 Å². The first-order chi connectivity index (χ1) is 18.1. The summed E-state index contributed by atoms with van der Waals surface area (Å²) in [6.45, 7) is 19.1. The minimum absolute atomic E-state index is 0.00912. The second kappa shape index (κ2) is 12.4. The summed E-state index contributed by atoms with van der Waals surface area (Å²) in [6.07, 6.45) is 0.994. The first-order valence-electron chi connectivity index (χ1n) is 14.2. The summed E-state index contributed by atoms with van der Waals surface area (Å²) in [4.78, 5) is 30.4. The van der Waals surface area contributed by atoms with Gasteiger partial charge in [0.25, 0.3) is 0 Å². The molecule has 8 heteroatoms. The molecule has 1 saturated heterocycles. The lowest BCUT2D eigenvalue weighted by atomic mass is 9.98. The molecule has 0 aliphatic carbocycles. The molecule has 0 spiro atoms. The van der Waals surface area contributed by atoms with Gasteiger partial charge in [-0.05, 0) is 68.1 Å². The Balaban J connectivity index is 1.81. The predicted molar refractivity (Wildman–Crippen MR) is 162 cm³/mol. The minimum Gasteiger partial charge on any atom is -0.444 e. The van der Waals surface area contributed by atoms with E-state index in [0.29, 0.717) is 39.1 Å². The largest absolute Gasteiger partial charge is 0.444 e. The molecular formula is C31H49N3O4Si. The van der Waals surface area contributed by atoms with Gasteiger partial charge in [0.15, 0.2) is 8.32 Å². The fourth-order valence-corrected chi connectivity index (χ4v) is 5.84. The van der Waals surface area contributed by atoms with Gasteiger partial charge in [0.05, 0.1) is 6.04 Å². The molecule has 1 heterocycles. The van der Waals surface area contributed by atoms with Crippen LogP contribution in [0.3, 0.4) is 0 Å². The highest BCUT2D eigenvalue weighted by atomic mass is 28.4. The van der Waals surface area contributed by atoms with Gasteiger partial charge in [0.1, 0.15) is 5.60 Å². The van der Waals surface area contributed by atoms with Gasteiger partial charge in [-0.15, -0.1) is 0 Å². The summed E-state index contributed by atoms with van der Waals surface area (Å²) >= 11 is 0.